The zero-order valence-electron chi connectivity index (χ0n) is 21.3. The molecule has 0 aliphatic carbocycles. The molecule has 0 aliphatic heterocycles. The summed E-state index contributed by atoms with van der Waals surface area (Å²) < 4.78 is 11.2. The maximum atomic E-state index is 13.3. The van der Waals surface area contributed by atoms with Crippen LogP contribution in [0.1, 0.15) is 33.3 Å². The summed E-state index contributed by atoms with van der Waals surface area (Å²) in [6, 6.07) is 26.4. The molecule has 40 heavy (non-hydrogen) atoms. The van der Waals surface area contributed by atoms with E-state index in [-0.39, 0.29) is 11.4 Å². The zero-order valence-corrected chi connectivity index (χ0v) is 22.8. The fourth-order valence-corrected chi connectivity index (χ4v) is 4.66. The normalized spacial score (nSPS) is 11.1. The molecule has 1 aromatic heterocycles. The molecule has 0 unspecified atom stereocenters. The molecule has 1 heterocycles. The highest BCUT2D eigenvalue weighted by Gasteiger charge is 2.22. The molecule has 0 radical (unpaired) electrons. The number of nitrogens with zero attached hydrogens (tertiary/aromatic N) is 1. The second-order valence-electron chi connectivity index (χ2n) is 8.61. The van der Waals surface area contributed by atoms with Gasteiger partial charge in [0, 0.05) is 21.5 Å². The van der Waals surface area contributed by atoms with E-state index in [1.165, 1.54) is 6.21 Å². The van der Waals surface area contributed by atoms with Crippen molar-refractivity contribution in [3.8, 4) is 22.6 Å². The van der Waals surface area contributed by atoms with Crippen LogP contribution < -0.4 is 14.9 Å². The number of carbonyl (C=O) groups excluding carboxylic acids is 2. The van der Waals surface area contributed by atoms with Gasteiger partial charge in [-0.25, -0.2) is 10.2 Å². The van der Waals surface area contributed by atoms with E-state index in [4.69, 9.17) is 32.7 Å². The third-order valence-corrected chi connectivity index (χ3v) is 6.66. The first-order valence-corrected chi connectivity index (χ1v) is 13.1. The lowest BCUT2D eigenvalue weighted by Crippen LogP contribution is -2.19. The standard InChI is InChI=1S/C31H23Cl2N3O4/c1-2-39-26-17-19(15-16-25(26)40-31(38)20-9-4-3-5-10-20)18-34-36-30(37)29-27(21-11-6-7-13-23(21)32)22-12-8-14-24(33)28(22)35-29/h3-18,35H,2H2,1H3,(H,36,37). The van der Waals surface area contributed by atoms with E-state index >= 15 is 0 Å². The van der Waals surface area contributed by atoms with E-state index in [1.54, 1.807) is 54.6 Å². The molecule has 2 N–H and O–H groups in total. The van der Waals surface area contributed by atoms with Crippen LogP contribution >= 0.6 is 23.2 Å². The largest absolute Gasteiger partial charge is 0.490 e. The van der Waals surface area contributed by atoms with Gasteiger partial charge in [-0.15, -0.1) is 0 Å². The summed E-state index contributed by atoms with van der Waals surface area (Å²) in [5.41, 5.74) is 5.81. The first-order chi connectivity index (χ1) is 19.5. The highest BCUT2D eigenvalue weighted by Crippen LogP contribution is 2.38. The van der Waals surface area contributed by atoms with E-state index in [9.17, 15) is 9.59 Å². The molecule has 0 spiro atoms. The number of halogens is 2. The van der Waals surface area contributed by atoms with Crippen LogP contribution in [0.15, 0.2) is 96.1 Å². The number of amides is 1. The number of ether oxygens (including phenoxy) is 2. The van der Waals surface area contributed by atoms with Gasteiger partial charge in [0.15, 0.2) is 11.5 Å². The quantitative estimate of drug-likeness (QED) is 0.0871. The number of fused-ring (bicyclic) bond motifs is 1. The predicted octanol–water partition coefficient (Wildman–Crippen LogP) is 7.52. The van der Waals surface area contributed by atoms with Crippen molar-refractivity contribution in [2.24, 2.45) is 5.10 Å². The smallest absolute Gasteiger partial charge is 0.343 e. The Morgan fingerprint density at radius 2 is 1.65 bits per heavy atom. The lowest BCUT2D eigenvalue weighted by Gasteiger charge is -2.11. The number of rotatable bonds is 8. The van der Waals surface area contributed by atoms with E-state index in [1.807, 2.05) is 43.3 Å². The number of benzene rings is 4. The number of nitrogens with one attached hydrogen (secondary N) is 2. The predicted molar refractivity (Wildman–Crippen MR) is 158 cm³/mol. The maximum Gasteiger partial charge on any atom is 0.343 e. The summed E-state index contributed by atoms with van der Waals surface area (Å²) in [4.78, 5) is 28.9. The maximum absolute atomic E-state index is 13.3. The van der Waals surface area contributed by atoms with Gasteiger partial charge in [0.2, 0.25) is 0 Å². The number of esters is 1. The van der Waals surface area contributed by atoms with E-state index < -0.39 is 11.9 Å². The molecule has 1 amide bonds. The number of hydrogen-bond acceptors (Lipinski definition) is 5. The minimum absolute atomic E-state index is 0.270. The van der Waals surface area contributed by atoms with Crippen molar-refractivity contribution in [1.82, 2.24) is 10.4 Å². The number of carbonyl (C=O) groups is 2. The Morgan fingerprint density at radius 3 is 2.42 bits per heavy atom. The van der Waals surface area contributed by atoms with Crippen molar-refractivity contribution >= 4 is 52.2 Å². The summed E-state index contributed by atoms with van der Waals surface area (Å²) in [6.07, 6.45) is 1.47. The van der Waals surface area contributed by atoms with Gasteiger partial charge in [-0.2, -0.15) is 5.10 Å². The average molecular weight is 572 g/mol. The van der Waals surface area contributed by atoms with Crippen LogP contribution in [0.4, 0.5) is 0 Å². The van der Waals surface area contributed by atoms with E-state index in [0.29, 0.717) is 50.2 Å². The van der Waals surface area contributed by atoms with Gasteiger partial charge in [0.25, 0.3) is 5.91 Å². The van der Waals surface area contributed by atoms with Gasteiger partial charge in [-0.3, -0.25) is 4.79 Å². The number of hydrazone groups is 1. The van der Waals surface area contributed by atoms with Crippen LogP contribution in [0.3, 0.4) is 0 Å². The molecular weight excluding hydrogens is 549 g/mol. The first-order valence-electron chi connectivity index (χ1n) is 12.4. The number of aromatic amines is 1. The summed E-state index contributed by atoms with van der Waals surface area (Å²) >= 11 is 12.9. The minimum atomic E-state index is -0.497. The molecule has 0 atom stereocenters. The topological polar surface area (TPSA) is 92.8 Å². The lowest BCUT2D eigenvalue weighted by molar-refractivity contribution is 0.0728. The molecule has 7 nitrogen and oxygen atoms in total. The molecule has 0 saturated heterocycles. The average Bonchev–Trinajstić information content (AvgIpc) is 3.36. The number of H-pyrrole nitrogens is 1. The Hall–Kier alpha value is -4.59. The molecule has 0 saturated carbocycles. The molecule has 4 aromatic carbocycles. The summed E-state index contributed by atoms with van der Waals surface area (Å²) in [5, 5.41) is 5.87. The molecule has 9 heteroatoms. The Labute approximate surface area is 240 Å². The first kappa shape index (κ1) is 27.0. The minimum Gasteiger partial charge on any atom is -0.490 e. The molecule has 0 fully saturated rings. The van der Waals surface area contributed by atoms with E-state index in [2.05, 4.69) is 15.5 Å². The molecule has 5 aromatic rings. The van der Waals surface area contributed by atoms with E-state index in [0.717, 1.165) is 5.39 Å². The third-order valence-electron chi connectivity index (χ3n) is 6.01. The van der Waals surface area contributed by atoms with Crippen molar-refractivity contribution < 1.29 is 19.1 Å². The van der Waals surface area contributed by atoms with Crippen LogP contribution in [0.25, 0.3) is 22.0 Å². The molecule has 0 aliphatic rings. The number of para-hydroxylation sites is 1. The van der Waals surface area contributed by atoms with Crippen molar-refractivity contribution in [2.75, 3.05) is 6.61 Å². The Kier molecular flexibility index (Phi) is 8.15. The van der Waals surface area contributed by atoms with Gasteiger partial charge in [-0.05, 0) is 55.0 Å². The summed E-state index contributed by atoms with van der Waals surface area (Å²) in [6.45, 7) is 2.19. The summed E-state index contributed by atoms with van der Waals surface area (Å²) in [7, 11) is 0. The van der Waals surface area contributed by atoms with Crippen molar-refractivity contribution in [3.05, 3.63) is 118 Å². The Balaban J connectivity index is 1.39. The van der Waals surface area contributed by atoms with Gasteiger partial charge in [0.1, 0.15) is 5.69 Å². The Morgan fingerprint density at radius 1 is 0.900 bits per heavy atom. The van der Waals surface area contributed by atoms with Crippen molar-refractivity contribution in [3.63, 3.8) is 0 Å². The second-order valence-corrected chi connectivity index (χ2v) is 9.43. The zero-order chi connectivity index (χ0) is 28.1. The van der Waals surface area contributed by atoms with Gasteiger partial charge in [-0.1, -0.05) is 71.7 Å². The lowest BCUT2D eigenvalue weighted by atomic mass is 10.0. The van der Waals surface area contributed by atoms with Crippen molar-refractivity contribution in [2.45, 2.75) is 6.92 Å². The monoisotopic (exact) mass is 571 g/mol. The van der Waals surface area contributed by atoms with Crippen LogP contribution in [-0.2, 0) is 0 Å². The van der Waals surface area contributed by atoms with Crippen LogP contribution in [0.2, 0.25) is 10.0 Å². The molecule has 200 valence electrons. The van der Waals surface area contributed by atoms with Crippen LogP contribution in [-0.4, -0.2) is 29.7 Å². The van der Waals surface area contributed by atoms with Gasteiger partial charge in [0.05, 0.1) is 28.9 Å². The van der Waals surface area contributed by atoms with Gasteiger partial charge < -0.3 is 14.5 Å². The molecule has 0 bridgehead atoms. The second kappa shape index (κ2) is 12.1. The molecule has 5 rings (SSSR count). The highest BCUT2D eigenvalue weighted by atomic mass is 35.5. The highest BCUT2D eigenvalue weighted by molar-refractivity contribution is 6.37. The third kappa shape index (κ3) is 5.71. The summed E-state index contributed by atoms with van der Waals surface area (Å²) in [5.74, 6) is -0.329. The SMILES string of the molecule is CCOc1cc(C=NNC(=O)c2[nH]c3c(Cl)cccc3c2-c2ccccc2Cl)ccc1OC(=O)c1ccccc1. The van der Waals surface area contributed by atoms with Crippen LogP contribution in [0.5, 0.6) is 11.5 Å². The fourth-order valence-electron chi connectivity index (χ4n) is 4.21. The van der Waals surface area contributed by atoms with Crippen LogP contribution in [0, 0.1) is 0 Å². The fraction of sp³-hybridized carbons (Fsp3) is 0.0645. The van der Waals surface area contributed by atoms with Crippen molar-refractivity contribution in [1.29, 1.82) is 0 Å². The van der Waals surface area contributed by atoms with Gasteiger partial charge >= 0.3 is 5.97 Å². The molecular formula is C31H23Cl2N3O4. The number of aromatic nitrogens is 1. The number of hydrogen-bond donors (Lipinski definition) is 2. The Bertz CT molecular complexity index is 1730.